The van der Waals surface area contributed by atoms with Crippen molar-refractivity contribution in [1.29, 1.82) is 0 Å². The van der Waals surface area contributed by atoms with Gasteiger partial charge < -0.3 is 19.6 Å². The highest BCUT2D eigenvalue weighted by molar-refractivity contribution is 5.77. The van der Waals surface area contributed by atoms with E-state index in [1.54, 1.807) is 19.2 Å². The van der Waals surface area contributed by atoms with Gasteiger partial charge in [0.1, 0.15) is 17.3 Å². The molecule has 1 amide bonds. The Balaban J connectivity index is 1.50. The summed E-state index contributed by atoms with van der Waals surface area (Å²) in [7, 11) is 1.65. The molecular formula is C19H23N3O3. The number of rotatable bonds is 5. The van der Waals surface area contributed by atoms with Gasteiger partial charge in [-0.2, -0.15) is 0 Å². The number of piperazine rings is 1. The Kier molecular flexibility index (Phi) is 5.38. The second kappa shape index (κ2) is 7.88. The quantitative estimate of drug-likeness (QED) is 0.902. The maximum Gasteiger partial charge on any atom is 0.223 e. The van der Waals surface area contributed by atoms with Crippen molar-refractivity contribution in [3.8, 4) is 11.5 Å². The van der Waals surface area contributed by atoms with E-state index in [1.807, 2.05) is 29.2 Å². The number of hydrogen-bond acceptors (Lipinski definition) is 5. The van der Waals surface area contributed by atoms with Crippen molar-refractivity contribution in [1.82, 2.24) is 9.88 Å². The Hall–Kier alpha value is -2.76. The van der Waals surface area contributed by atoms with Gasteiger partial charge >= 0.3 is 0 Å². The number of anilines is 1. The average molecular weight is 341 g/mol. The number of aromatic hydroxyl groups is 1. The Morgan fingerprint density at radius 2 is 1.92 bits per heavy atom. The number of carbonyl (C=O) groups excluding carboxylic acids is 1. The average Bonchev–Trinajstić information content (AvgIpc) is 2.67. The Labute approximate surface area is 147 Å². The van der Waals surface area contributed by atoms with E-state index in [2.05, 4.69) is 9.88 Å². The minimum Gasteiger partial charge on any atom is -0.506 e. The number of nitrogens with zero attached hydrogens (tertiary/aromatic N) is 3. The number of pyridine rings is 1. The SMILES string of the molecule is COc1ccccc1CCC(=O)N1CCN(c2ccc(O)cn2)CC1. The van der Waals surface area contributed by atoms with Crippen LogP contribution in [-0.4, -0.2) is 54.2 Å². The zero-order valence-electron chi connectivity index (χ0n) is 14.4. The van der Waals surface area contributed by atoms with Gasteiger partial charge in [0.25, 0.3) is 0 Å². The summed E-state index contributed by atoms with van der Waals surface area (Å²) in [6, 6.07) is 11.2. The number of para-hydroxylation sites is 1. The van der Waals surface area contributed by atoms with Gasteiger partial charge in [-0.15, -0.1) is 0 Å². The monoisotopic (exact) mass is 341 g/mol. The van der Waals surface area contributed by atoms with Crippen LogP contribution in [0.4, 0.5) is 5.82 Å². The second-order valence-electron chi connectivity index (χ2n) is 6.05. The molecule has 3 rings (SSSR count). The first-order valence-corrected chi connectivity index (χ1v) is 8.47. The molecule has 25 heavy (non-hydrogen) atoms. The molecule has 1 saturated heterocycles. The van der Waals surface area contributed by atoms with Gasteiger partial charge in [0, 0.05) is 32.6 Å². The standard InChI is InChI=1S/C19H23N3O3/c1-25-17-5-3-2-4-15(17)6-9-19(24)22-12-10-21(11-13-22)18-8-7-16(23)14-20-18/h2-5,7-8,14,23H,6,9-13H2,1H3. The van der Waals surface area contributed by atoms with Crippen LogP contribution in [0, 0.1) is 0 Å². The lowest BCUT2D eigenvalue weighted by molar-refractivity contribution is -0.131. The van der Waals surface area contributed by atoms with Crippen molar-refractivity contribution >= 4 is 11.7 Å². The van der Waals surface area contributed by atoms with Crippen LogP contribution in [0.25, 0.3) is 0 Å². The van der Waals surface area contributed by atoms with Crippen LogP contribution in [0.2, 0.25) is 0 Å². The van der Waals surface area contributed by atoms with E-state index in [9.17, 15) is 9.90 Å². The molecule has 6 nitrogen and oxygen atoms in total. The van der Waals surface area contributed by atoms with Gasteiger partial charge in [0.2, 0.25) is 5.91 Å². The minimum absolute atomic E-state index is 0.161. The number of hydrogen-bond donors (Lipinski definition) is 1. The van der Waals surface area contributed by atoms with Crippen molar-refractivity contribution in [3.05, 3.63) is 48.2 Å². The predicted octanol–water partition coefficient (Wildman–Crippen LogP) is 2.08. The Morgan fingerprint density at radius 1 is 1.16 bits per heavy atom. The third-order valence-corrected chi connectivity index (χ3v) is 4.49. The van der Waals surface area contributed by atoms with E-state index in [-0.39, 0.29) is 11.7 Å². The summed E-state index contributed by atoms with van der Waals surface area (Å²) < 4.78 is 5.34. The zero-order chi connectivity index (χ0) is 17.6. The van der Waals surface area contributed by atoms with Crippen LogP contribution < -0.4 is 9.64 Å². The largest absolute Gasteiger partial charge is 0.506 e. The Bertz CT molecular complexity index is 710. The van der Waals surface area contributed by atoms with Gasteiger partial charge in [-0.3, -0.25) is 4.79 Å². The van der Waals surface area contributed by atoms with Crippen molar-refractivity contribution in [3.63, 3.8) is 0 Å². The van der Waals surface area contributed by atoms with E-state index < -0.39 is 0 Å². The van der Waals surface area contributed by atoms with Crippen molar-refractivity contribution < 1.29 is 14.6 Å². The molecule has 132 valence electrons. The Morgan fingerprint density at radius 3 is 2.60 bits per heavy atom. The third kappa shape index (κ3) is 4.21. The molecule has 2 heterocycles. The first-order chi connectivity index (χ1) is 12.2. The fourth-order valence-corrected chi connectivity index (χ4v) is 3.06. The normalized spacial score (nSPS) is 14.4. The lowest BCUT2D eigenvalue weighted by atomic mass is 10.1. The van der Waals surface area contributed by atoms with Crippen molar-refractivity contribution in [2.24, 2.45) is 0 Å². The van der Waals surface area contributed by atoms with Crippen LogP contribution in [-0.2, 0) is 11.2 Å². The predicted molar refractivity (Wildman–Crippen MR) is 96.0 cm³/mol. The first-order valence-electron chi connectivity index (χ1n) is 8.47. The molecule has 0 aliphatic carbocycles. The summed E-state index contributed by atoms with van der Waals surface area (Å²) in [6.07, 6.45) is 2.61. The van der Waals surface area contributed by atoms with E-state index in [0.29, 0.717) is 25.9 Å². The summed E-state index contributed by atoms with van der Waals surface area (Å²) in [5.41, 5.74) is 1.06. The maximum atomic E-state index is 12.5. The molecule has 1 aromatic carbocycles. The summed E-state index contributed by atoms with van der Waals surface area (Å²) >= 11 is 0. The molecule has 0 spiro atoms. The summed E-state index contributed by atoms with van der Waals surface area (Å²) in [4.78, 5) is 20.7. The molecule has 1 N–H and O–H groups in total. The van der Waals surface area contributed by atoms with Crippen LogP contribution >= 0.6 is 0 Å². The summed E-state index contributed by atoms with van der Waals surface area (Å²) in [5.74, 6) is 2.00. The summed E-state index contributed by atoms with van der Waals surface area (Å²) in [5, 5.41) is 9.32. The molecule has 1 fully saturated rings. The van der Waals surface area contributed by atoms with Crippen molar-refractivity contribution in [2.45, 2.75) is 12.8 Å². The van der Waals surface area contributed by atoms with Crippen molar-refractivity contribution in [2.75, 3.05) is 38.2 Å². The van der Waals surface area contributed by atoms with E-state index in [1.165, 1.54) is 6.20 Å². The number of aromatic nitrogens is 1. The molecule has 0 unspecified atom stereocenters. The van der Waals surface area contributed by atoms with Crippen LogP contribution in [0.5, 0.6) is 11.5 Å². The minimum atomic E-state index is 0.161. The van der Waals surface area contributed by atoms with Crippen LogP contribution in [0.15, 0.2) is 42.6 Å². The van der Waals surface area contributed by atoms with E-state index in [4.69, 9.17) is 4.74 Å². The molecule has 6 heteroatoms. The summed E-state index contributed by atoms with van der Waals surface area (Å²) in [6.45, 7) is 2.87. The highest BCUT2D eigenvalue weighted by Gasteiger charge is 2.21. The molecule has 0 atom stereocenters. The van der Waals surface area contributed by atoms with Crippen LogP contribution in [0.1, 0.15) is 12.0 Å². The number of ether oxygens (including phenoxy) is 1. The number of carbonyl (C=O) groups is 1. The molecular weight excluding hydrogens is 318 g/mol. The first kappa shape index (κ1) is 17.1. The van der Waals surface area contributed by atoms with Gasteiger partial charge in [-0.1, -0.05) is 18.2 Å². The number of methoxy groups -OCH3 is 1. The maximum absolute atomic E-state index is 12.5. The molecule has 1 aromatic heterocycles. The second-order valence-corrected chi connectivity index (χ2v) is 6.05. The topological polar surface area (TPSA) is 65.9 Å². The fraction of sp³-hybridized carbons (Fsp3) is 0.368. The molecule has 0 saturated carbocycles. The fourth-order valence-electron chi connectivity index (χ4n) is 3.06. The lowest BCUT2D eigenvalue weighted by Gasteiger charge is -2.35. The van der Waals surface area contributed by atoms with Gasteiger partial charge in [-0.05, 0) is 30.2 Å². The number of amides is 1. The highest BCUT2D eigenvalue weighted by atomic mass is 16.5. The highest BCUT2D eigenvalue weighted by Crippen LogP contribution is 2.20. The molecule has 0 bridgehead atoms. The van der Waals surface area contributed by atoms with E-state index in [0.717, 1.165) is 30.2 Å². The zero-order valence-corrected chi connectivity index (χ0v) is 14.4. The van der Waals surface area contributed by atoms with Gasteiger partial charge in [-0.25, -0.2) is 4.98 Å². The molecule has 1 aliphatic heterocycles. The molecule has 2 aromatic rings. The number of aryl methyl sites for hydroxylation is 1. The third-order valence-electron chi connectivity index (χ3n) is 4.49. The number of benzene rings is 1. The van der Waals surface area contributed by atoms with Crippen LogP contribution in [0.3, 0.4) is 0 Å². The smallest absolute Gasteiger partial charge is 0.223 e. The van der Waals surface area contributed by atoms with Gasteiger partial charge in [0.05, 0.1) is 13.3 Å². The van der Waals surface area contributed by atoms with Gasteiger partial charge in [0.15, 0.2) is 0 Å². The molecule has 0 radical (unpaired) electrons. The van der Waals surface area contributed by atoms with E-state index >= 15 is 0 Å². The lowest BCUT2D eigenvalue weighted by Crippen LogP contribution is -2.49. The molecule has 1 aliphatic rings.